The van der Waals surface area contributed by atoms with Crippen LogP contribution in [0, 0.1) is 0 Å². The minimum absolute atomic E-state index is 0.00850. The Kier molecular flexibility index (Phi) is 6.10. The van der Waals surface area contributed by atoms with Crippen molar-refractivity contribution in [3.05, 3.63) is 4.73 Å². The van der Waals surface area contributed by atoms with Crippen LogP contribution in [-0.4, -0.2) is 50.9 Å². The van der Waals surface area contributed by atoms with E-state index in [4.69, 9.17) is 4.74 Å². The molecule has 138 valence electrons. The Hall–Kier alpha value is -1.61. The van der Waals surface area contributed by atoms with Gasteiger partial charge in [0.15, 0.2) is 0 Å². The number of piperidine rings is 1. The van der Waals surface area contributed by atoms with Gasteiger partial charge in [0.05, 0.1) is 6.61 Å². The Morgan fingerprint density at radius 1 is 1.32 bits per heavy atom. The number of esters is 1. The van der Waals surface area contributed by atoms with Crippen molar-refractivity contribution in [2.75, 3.05) is 11.9 Å². The fourth-order valence-corrected chi connectivity index (χ4v) is 3.69. The molecule has 8 nitrogen and oxygen atoms in total. The molecule has 0 spiro atoms. The van der Waals surface area contributed by atoms with E-state index >= 15 is 0 Å². The summed E-state index contributed by atoms with van der Waals surface area (Å²) in [7, 11) is 0. The van der Waals surface area contributed by atoms with Gasteiger partial charge in [0.2, 0.25) is 10.7 Å². The summed E-state index contributed by atoms with van der Waals surface area (Å²) >= 11 is 3.26. The number of nitrogens with zero attached hydrogens (tertiary/aromatic N) is 4. The predicted molar refractivity (Wildman–Crippen MR) is 100 cm³/mol. The van der Waals surface area contributed by atoms with Crippen LogP contribution < -0.4 is 10.6 Å². The van der Waals surface area contributed by atoms with Crippen LogP contribution in [0.1, 0.15) is 47.5 Å². The number of anilines is 1. The van der Waals surface area contributed by atoms with Crippen molar-refractivity contribution in [1.82, 2.24) is 20.3 Å². The first-order valence-electron chi connectivity index (χ1n) is 8.27. The molecule has 1 aliphatic rings. The standard InChI is InChI=1S/C16H25BrN6O2/c1-6-25-11(24)9-18-13-20-12(17)21-14(22-13)19-10-7-15(2,3)23-16(4,5)8-10/h9-10,23H,6-8H2,1-5H3,(H,19,20,21,22). The Morgan fingerprint density at radius 3 is 2.56 bits per heavy atom. The van der Waals surface area contributed by atoms with Gasteiger partial charge in [0, 0.05) is 17.1 Å². The Morgan fingerprint density at radius 2 is 1.96 bits per heavy atom. The lowest BCUT2D eigenvalue weighted by molar-refractivity contribution is -0.134. The molecule has 1 saturated heterocycles. The highest BCUT2D eigenvalue weighted by molar-refractivity contribution is 9.10. The van der Waals surface area contributed by atoms with E-state index in [1.807, 2.05) is 0 Å². The minimum atomic E-state index is -0.532. The zero-order valence-corrected chi connectivity index (χ0v) is 16.8. The van der Waals surface area contributed by atoms with Crippen molar-refractivity contribution in [3.8, 4) is 0 Å². The molecule has 0 amide bonds. The van der Waals surface area contributed by atoms with Crippen molar-refractivity contribution >= 4 is 40.0 Å². The van der Waals surface area contributed by atoms with Gasteiger partial charge < -0.3 is 15.4 Å². The molecule has 0 atom stereocenters. The summed E-state index contributed by atoms with van der Waals surface area (Å²) in [5.74, 6) is 0.0386. The van der Waals surface area contributed by atoms with E-state index in [0.29, 0.717) is 17.3 Å². The van der Waals surface area contributed by atoms with Crippen LogP contribution in [0.4, 0.5) is 11.9 Å². The first-order chi connectivity index (χ1) is 11.6. The van der Waals surface area contributed by atoms with Crippen LogP contribution in [0.25, 0.3) is 0 Å². The highest BCUT2D eigenvalue weighted by atomic mass is 79.9. The number of carbonyl (C=O) groups is 1. The molecule has 2 rings (SSSR count). The Labute approximate surface area is 156 Å². The maximum atomic E-state index is 11.4. The zero-order valence-electron chi connectivity index (χ0n) is 15.3. The molecule has 1 aliphatic heterocycles. The molecule has 0 saturated carbocycles. The number of rotatable bonds is 5. The van der Waals surface area contributed by atoms with E-state index in [1.165, 1.54) is 0 Å². The molecule has 0 radical (unpaired) electrons. The lowest BCUT2D eigenvalue weighted by Gasteiger charge is -2.46. The predicted octanol–water partition coefficient (Wildman–Crippen LogP) is 2.62. The van der Waals surface area contributed by atoms with E-state index in [-0.39, 0.29) is 23.1 Å². The summed E-state index contributed by atoms with van der Waals surface area (Å²) < 4.78 is 5.15. The van der Waals surface area contributed by atoms with Gasteiger partial charge in [-0.25, -0.2) is 9.79 Å². The minimum Gasteiger partial charge on any atom is -0.462 e. The largest absolute Gasteiger partial charge is 0.462 e. The summed E-state index contributed by atoms with van der Waals surface area (Å²) in [5.41, 5.74) is 0.0170. The first kappa shape index (κ1) is 19.7. The van der Waals surface area contributed by atoms with Gasteiger partial charge in [-0.3, -0.25) is 0 Å². The second-order valence-electron chi connectivity index (χ2n) is 7.38. The van der Waals surface area contributed by atoms with Crippen molar-refractivity contribution in [3.63, 3.8) is 0 Å². The molecule has 0 aromatic carbocycles. The fourth-order valence-electron chi connectivity index (χ4n) is 3.36. The average Bonchev–Trinajstić information content (AvgIpc) is 2.41. The van der Waals surface area contributed by atoms with Gasteiger partial charge in [-0.05, 0) is 63.4 Å². The highest BCUT2D eigenvalue weighted by Gasteiger charge is 2.37. The molecule has 25 heavy (non-hydrogen) atoms. The molecule has 2 heterocycles. The quantitative estimate of drug-likeness (QED) is 0.565. The van der Waals surface area contributed by atoms with E-state index in [2.05, 4.69) is 74.2 Å². The van der Waals surface area contributed by atoms with Crippen molar-refractivity contribution in [2.45, 2.75) is 64.6 Å². The van der Waals surface area contributed by atoms with Gasteiger partial charge in [-0.15, -0.1) is 0 Å². The Balaban J connectivity index is 2.13. The van der Waals surface area contributed by atoms with Crippen LogP contribution in [0.3, 0.4) is 0 Å². The van der Waals surface area contributed by atoms with Gasteiger partial charge in [0.1, 0.15) is 6.21 Å². The van der Waals surface area contributed by atoms with Gasteiger partial charge >= 0.3 is 5.97 Å². The SMILES string of the molecule is CCOC(=O)C=Nc1nc(Br)nc(NC2CC(C)(C)NC(C)(C)C2)n1. The number of ether oxygens (including phenoxy) is 1. The van der Waals surface area contributed by atoms with Crippen molar-refractivity contribution in [2.24, 2.45) is 4.99 Å². The van der Waals surface area contributed by atoms with Crippen molar-refractivity contribution < 1.29 is 9.53 Å². The van der Waals surface area contributed by atoms with Crippen LogP contribution in [-0.2, 0) is 9.53 Å². The highest BCUT2D eigenvalue weighted by Crippen LogP contribution is 2.30. The molecule has 9 heteroatoms. The maximum absolute atomic E-state index is 11.4. The first-order valence-corrected chi connectivity index (χ1v) is 9.06. The number of carbonyl (C=O) groups excluding carboxylic acids is 1. The van der Waals surface area contributed by atoms with Crippen LogP contribution in [0.2, 0.25) is 0 Å². The topological polar surface area (TPSA) is 101 Å². The summed E-state index contributed by atoms with van der Waals surface area (Å²) in [5, 5.41) is 7.00. The number of aromatic nitrogens is 3. The van der Waals surface area contributed by atoms with Gasteiger partial charge in [-0.1, -0.05) is 0 Å². The van der Waals surface area contributed by atoms with E-state index in [0.717, 1.165) is 19.1 Å². The van der Waals surface area contributed by atoms with Crippen molar-refractivity contribution in [1.29, 1.82) is 0 Å². The second kappa shape index (κ2) is 7.74. The molecular weight excluding hydrogens is 388 g/mol. The van der Waals surface area contributed by atoms with Crippen LogP contribution in [0.5, 0.6) is 0 Å². The van der Waals surface area contributed by atoms with E-state index in [1.54, 1.807) is 6.92 Å². The molecule has 1 aromatic heterocycles. The zero-order chi connectivity index (χ0) is 18.7. The Bertz CT molecular complexity index is 646. The number of nitrogens with one attached hydrogen (secondary N) is 2. The summed E-state index contributed by atoms with van der Waals surface area (Å²) in [6.07, 6.45) is 2.92. The number of halogens is 1. The smallest absolute Gasteiger partial charge is 0.349 e. The number of hydrogen-bond donors (Lipinski definition) is 2. The third-order valence-electron chi connectivity index (χ3n) is 3.69. The third kappa shape index (κ3) is 6.32. The number of aliphatic imine (C=N–C) groups is 1. The molecule has 0 aliphatic carbocycles. The lowest BCUT2D eigenvalue weighted by atomic mass is 9.80. The third-order valence-corrected chi connectivity index (χ3v) is 4.05. The fraction of sp³-hybridized carbons (Fsp3) is 0.688. The van der Waals surface area contributed by atoms with E-state index in [9.17, 15) is 4.79 Å². The summed E-state index contributed by atoms with van der Waals surface area (Å²) in [6, 6.07) is 0.211. The van der Waals surface area contributed by atoms with Crippen LogP contribution >= 0.6 is 15.9 Å². The summed E-state index contributed by atoms with van der Waals surface area (Å²) in [6.45, 7) is 10.7. The maximum Gasteiger partial charge on any atom is 0.349 e. The average molecular weight is 413 g/mol. The van der Waals surface area contributed by atoms with Gasteiger partial charge in [0.25, 0.3) is 5.95 Å². The molecule has 2 N–H and O–H groups in total. The monoisotopic (exact) mass is 412 g/mol. The van der Waals surface area contributed by atoms with E-state index < -0.39 is 5.97 Å². The van der Waals surface area contributed by atoms with Crippen LogP contribution in [0.15, 0.2) is 9.73 Å². The molecular formula is C16H25BrN6O2. The molecule has 0 bridgehead atoms. The number of hydrogen-bond acceptors (Lipinski definition) is 8. The summed E-state index contributed by atoms with van der Waals surface area (Å²) in [4.78, 5) is 27.9. The lowest BCUT2D eigenvalue weighted by Crippen LogP contribution is -2.60. The molecule has 1 fully saturated rings. The molecule has 1 aromatic rings. The second-order valence-corrected chi connectivity index (χ2v) is 8.09. The normalized spacial score (nSPS) is 19.8. The van der Waals surface area contributed by atoms with Gasteiger partial charge in [-0.2, -0.15) is 15.0 Å². The molecule has 0 unspecified atom stereocenters.